The van der Waals surface area contributed by atoms with Crippen LogP contribution in [0.2, 0.25) is 0 Å². The highest BCUT2D eigenvalue weighted by molar-refractivity contribution is 5.72. The Hall–Kier alpha value is -1.90. The van der Waals surface area contributed by atoms with Crippen LogP contribution in [-0.4, -0.2) is 32.1 Å². The number of nitrogens with two attached hydrogens (primary N) is 1. The van der Waals surface area contributed by atoms with E-state index in [0.717, 1.165) is 6.33 Å². The molecule has 0 saturated carbocycles. The topological polar surface area (TPSA) is 78.7 Å². The van der Waals surface area contributed by atoms with Crippen molar-refractivity contribution in [3.8, 4) is 0 Å². The van der Waals surface area contributed by atoms with Gasteiger partial charge in [-0.2, -0.15) is 18.3 Å². The van der Waals surface area contributed by atoms with Crippen molar-refractivity contribution in [2.75, 3.05) is 6.54 Å². The van der Waals surface area contributed by atoms with Gasteiger partial charge in [-0.25, -0.2) is 4.98 Å². The lowest BCUT2D eigenvalue weighted by Crippen LogP contribution is -2.39. The first kappa shape index (κ1) is 12.6. The van der Waals surface area contributed by atoms with E-state index in [1.165, 1.54) is 10.9 Å². The van der Waals surface area contributed by atoms with Crippen molar-refractivity contribution in [3.63, 3.8) is 0 Å². The predicted octanol–water partition coefficient (Wildman–Crippen LogP) is 0.192. The number of aromatic nitrogens is 4. The zero-order valence-electron chi connectivity index (χ0n) is 9.35. The number of hydrogen-bond acceptors (Lipinski definition) is 4. The van der Waals surface area contributed by atoms with Crippen molar-refractivity contribution in [1.82, 2.24) is 19.3 Å². The highest BCUT2D eigenvalue weighted by Gasteiger charge is 2.40. The molecule has 0 radical (unpaired) electrons. The average molecular weight is 261 g/mol. The fourth-order valence-electron chi connectivity index (χ4n) is 1.67. The second kappa shape index (κ2) is 4.09. The summed E-state index contributed by atoms with van der Waals surface area (Å²) in [6, 6.07) is -2.08. The molecule has 2 aromatic heterocycles. The lowest BCUT2D eigenvalue weighted by atomic mass is 10.2. The molecule has 2 rings (SSSR count). The molecule has 6 nitrogen and oxygen atoms in total. The third kappa shape index (κ3) is 1.86. The SMILES string of the molecule is Cn1ncc2c(=O)n(C(CN)C(F)(F)F)cnc21. The zero-order chi connectivity index (χ0) is 13.5. The molecule has 1 atom stereocenters. The molecule has 0 aliphatic heterocycles. The molecular weight excluding hydrogens is 251 g/mol. The maximum absolute atomic E-state index is 12.7. The Labute approximate surface area is 98.8 Å². The van der Waals surface area contributed by atoms with Gasteiger partial charge in [0.25, 0.3) is 5.56 Å². The first-order chi connectivity index (χ1) is 8.36. The Kier molecular flexibility index (Phi) is 2.85. The Morgan fingerprint density at radius 2 is 2.17 bits per heavy atom. The van der Waals surface area contributed by atoms with E-state index in [9.17, 15) is 18.0 Å². The van der Waals surface area contributed by atoms with Gasteiger partial charge in [-0.1, -0.05) is 0 Å². The molecule has 0 aliphatic carbocycles. The number of nitrogens with zero attached hydrogens (tertiary/aromatic N) is 4. The van der Waals surface area contributed by atoms with E-state index in [2.05, 4.69) is 10.1 Å². The van der Waals surface area contributed by atoms with Crippen molar-refractivity contribution in [1.29, 1.82) is 0 Å². The Morgan fingerprint density at radius 1 is 1.50 bits per heavy atom. The second-order valence-electron chi connectivity index (χ2n) is 3.76. The third-order valence-corrected chi connectivity index (χ3v) is 2.61. The van der Waals surface area contributed by atoms with E-state index >= 15 is 0 Å². The van der Waals surface area contributed by atoms with Crippen LogP contribution in [-0.2, 0) is 7.05 Å². The highest BCUT2D eigenvalue weighted by atomic mass is 19.4. The predicted molar refractivity (Wildman–Crippen MR) is 56.9 cm³/mol. The quantitative estimate of drug-likeness (QED) is 0.837. The summed E-state index contributed by atoms with van der Waals surface area (Å²) in [5, 5.41) is 3.80. The minimum atomic E-state index is -4.60. The molecule has 18 heavy (non-hydrogen) atoms. The van der Waals surface area contributed by atoms with E-state index < -0.39 is 24.3 Å². The van der Waals surface area contributed by atoms with Gasteiger partial charge in [0.1, 0.15) is 17.8 Å². The third-order valence-electron chi connectivity index (χ3n) is 2.61. The number of rotatable bonds is 2. The van der Waals surface area contributed by atoms with Crippen LogP contribution in [0.3, 0.4) is 0 Å². The van der Waals surface area contributed by atoms with Crippen molar-refractivity contribution < 1.29 is 13.2 Å². The normalized spacial score (nSPS) is 14.1. The fraction of sp³-hybridized carbons (Fsp3) is 0.444. The minimum Gasteiger partial charge on any atom is -0.328 e. The van der Waals surface area contributed by atoms with Crippen LogP contribution in [0.25, 0.3) is 11.0 Å². The van der Waals surface area contributed by atoms with Crippen molar-refractivity contribution in [3.05, 3.63) is 22.9 Å². The van der Waals surface area contributed by atoms with Gasteiger partial charge in [0.2, 0.25) is 0 Å². The first-order valence-electron chi connectivity index (χ1n) is 5.02. The summed E-state index contributed by atoms with van der Waals surface area (Å²) < 4.78 is 39.9. The molecule has 0 amide bonds. The van der Waals surface area contributed by atoms with Crippen LogP contribution in [0, 0.1) is 0 Å². The van der Waals surface area contributed by atoms with Gasteiger partial charge in [0, 0.05) is 13.6 Å². The van der Waals surface area contributed by atoms with Crippen molar-refractivity contribution in [2.45, 2.75) is 12.2 Å². The lowest BCUT2D eigenvalue weighted by molar-refractivity contribution is -0.165. The molecule has 2 N–H and O–H groups in total. The highest BCUT2D eigenvalue weighted by Crippen LogP contribution is 2.28. The van der Waals surface area contributed by atoms with E-state index in [-0.39, 0.29) is 11.0 Å². The fourth-order valence-corrected chi connectivity index (χ4v) is 1.67. The van der Waals surface area contributed by atoms with Gasteiger partial charge in [0.05, 0.1) is 6.20 Å². The molecule has 1 unspecified atom stereocenters. The molecule has 0 aromatic carbocycles. The maximum atomic E-state index is 12.7. The van der Waals surface area contributed by atoms with Gasteiger partial charge in [-0.15, -0.1) is 0 Å². The molecule has 98 valence electrons. The van der Waals surface area contributed by atoms with E-state index in [1.807, 2.05) is 0 Å². The van der Waals surface area contributed by atoms with Gasteiger partial charge in [0.15, 0.2) is 5.65 Å². The van der Waals surface area contributed by atoms with Gasteiger partial charge >= 0.3 is 6.18 Å². The summed E-state index contributed by atoms with van der Waals surface area (Å²) in [5.41, 5.74) is 4.51. The summed E-state index contributed by atoms with van der Waals surface area (Å²) in [6.45, 7) is -0.725. The van der Waals surface area contributed by atoms with Crippen LogP contribution in [0.4, 0.5) is 13.2 Å². The van der Waals surface area contributed by atoms with Gasteiger partial charge in [-0.05, 0) is 0 Å². The Balaban J connectivity index is 2.66. The Morgan fingerprint density at radius 3 is 2.72 bits per heavy atom. The lowest BCUT2D eigenvalue weighted by Gasteiger charge is -2.20. The first-order valence-corrected chi connectivity index (χ1v) is 5.02. The average Bonchev–Trinajstić information content (AvgIpc) is 2.64. The molecule has 0 aliphatic rings. The standard InChI is InChI=1S/C9H10F3N5O/c1-16-7-5(3-15-16)8(18)17(4-14-7)6(2-13)9(10,11)12/h3-4,6H,2,13H2,1H3. The number of halogens is 3. The van der Waals surface area contributed by atoms with E-state index in [1.54, 1.807) is 7.05 Å². The smallest absolute Gasteiger partial charge is 0.328 e. The molecular formula is C9H10F3N5O. The summed E-state index contributed by atoms with van der Waals surface area (Å²) in [4.78, 5) is 15.7. The van der Waals surface area contributed by atoms with Crippen LogP contribution in [0.1, 0.15) is 6.04 Å². The summed E-state index contributed by atoms with van der Waals surface area (Å²) in [7, 11) is 1.54. The van der Waals surface area contributed by atoms with Crippen LogP contribution in [0.15, 0.2) is 17.3 Å². The van der Waals surface area contributed by atoms with Crippen LogP contribution < -0.4 is 11.3 Å². The molecule has 0 spiro atoms. The largest absolute Gasteiger partial charge is 0.410 e. The van der Waals surface area contributed by atoms with Gasteiger partial charge < -0.3 is 5.73 Å². The minimum absolute atomic E-state index is 0.0303. The second-order valence-corrected chi connectivity index (χ2v) is 3.76. The number of alkyl halides is 3. The summed E-state index contributed by atoms with van der Waals surface area (Å²) in [6.07, 6.45) is -2.57. The van der Waals surface area contributed by atoms with E-state index in [0.29, 0.717) is 4.57 Å². The zero-order valence-corrected chi connectivity index (χ0v) is 9.35. The molecule has 0 saturated heterocycles. The van der Waals surface area contributed by atoms with Crippen LogP contribution >= 0.6 is 0 Å². The van der Waals surface area contributed by atoms with Crippen molar-refractivity contribution in [2.24, 2.45) is 12.8 Å². The molecule has 0 bridgehead atoms. The van der Waals surface area contributed by atoms with Crippen molar-refractivity contribution >= 4 is 11.0 Å². The number of aryl methyl sites for hydroxylation is 1. The molecule has 9 heteroatoms. The van der Waals surface area contributed by atoms with Gasteiger partial charge in [-0.3, -0.25) is 14.0 Å². The molecule has 2 heterocycles. The molecule has 2 aromatic rings. The Bertz CT molecular complexity index is 629. The number of fused-ring (bicyclic) bond motifs is 1. The molecule has 0 fully saturated rings. The van der Waals surface area contributed by atoms with Crippen LogP contribution in [0.5, 0.6) is 0 Å². The monoisotopic (exact) mass is 261 g/mol. The maximum Gasteiger partial charge on any atom is 0.410 e. The number of hydrogen-bond donors (Lipinski definition) is 1. The summed E-state index contributed by atoms with van der Waals surface area (Å²) in [5.74, 6) is 0. The summed E-state index contributed by atoms with van der Waals surface area (Å²) >= 11 is 0. The van der Waals surface area contributed by atoms with E-state index in [4.69, 9.17) is 5.73 Å².